The third-order valence-electron chi connectivity index (χ3n) is 3.06. The van der Waals surface area contributed by atoms with Gasteiger partial charge in [-0.15, -0.1) is 0 Å². The van der Waals surface area contributed by atoms with Crippen LogP contribution in [0.15, 0.2) is 12.1 Å². The SMILES string of the molecule is N#CCCN(c1cc(OC(F)F)c(F)cc1N)C1CC1. The maximum absolute atomic E-state index is 13.5. The lowest BCUT2D eigenvalue weighted by Crippen LogP contribution is -2.27. The number of nitrogens with zero attached hydrogens (tertiary/aromatic N) is 2. The van der Waals surface area contributed by atoms with Crippen molar-refractivity contribution in [2.45, 2.75) is 31.9 Å². The van der Waals surface area contributed by atoms with Crippen LogP contribution in [0.1, 0.15) is 19.3 Å². The van der Waals surface area contributed by atoms with Crippen molar-refractivity contribution in [1.82, 2.24) is 0 Å². The van der Waals surface area contributed by atoms with Gasteiger partial charge in [0.2, 0.25) is 0 Å². The van der Waals surface area contributed by atoms with Crippen LogP contribution in [0, 0.1) is 17.1 Å². The van der Waals surface area contributed by atoms with Gasteiger partial charge >= 0.3 is 6.61 Å². The molecule has 0 saturated heterocycles. The van der Waals surface area contributed by atoms with Crippen LogP contribution in [0.4, 0.5) is 24.5 Å². The number of alkyl halides is 2. The van der Waals surface area contributed by atoms with Gasteiger partial charge in [-0.25, -0.2) is 4.39 Å². The fourth-order valence-corrected chi connectivity index (χ4v) is 2.05. The van der Waals surface area contributed by atoms with Crippen LogP contribution in [0.25, 0.3) is 0 Å². The minimum absolute atomic E-state index is 0.147. The summed E-state index contributed by atoms with van der Waals surface area (Å²) in [7, 11) is 0. The molecule has 0 heterocycles. The number of benzene rings is 1. The monoisotopic (exact) mass is 285 g/mol. The fourth-order valence-electron chi connectivity index (χ4n) is 2.05. The van der Waals surface area contributed by atoms with Crippen molar-refractivity contribution in [3.05, 3.63) is 17.9 Å². The number of ether oxygens (including phenoxy) is 1. The normalized spacial score (nSPS) is 14.2. The van der Waals surface area contributed by atoms with Crippen LogP contribution in [-0.2, 0) is 0 Å². The van der Waals surface area contributed by atoms with E-state index in [9.17, 15) is 13.2 Å². The Morgan fingerprint density at radius 3 is 2.70 bits per heavy atom. The van der Waals surface area contributed by atoms with Gasteiger partial charge in [-0.2, -0.15) is 14.0 Å². The zero-order valence-electron chi connectivity index (χ0n) is 10.7. The van der Waals surface area contributed by atoms with E-state index >= 15 is 0 Å². The molecule has 0 bridgehead atoms. The Balaban J connectivity index is 2.30. The topological polar surface area (TPSA) is 62.3 Å². The summed E-state index contributed by atoms with van der Waals surface area (Å²) in [5, 5.41) is 8.66. The minimum Gasteiger partial charge on any atom is -0.432 e. The van der Waals surface area contributed by atoms with E-state index in [0.717, 1.165) is 18.9 Å². The molecule has 0 spiro atoms. The second-order valence-corrected chi connectivity index (χ2v) is 4.55. The van der Waals surface area contributed by atoms with E-state index in [1.807, 2.05) is 11.0 Å². The number of rotatable bonds is 6. The standard InChI is InChI=1S/C13H14F3N3O/c14-9-6-10(18)11(7-12(9)20-13(15)16)19(5-1-4-17)8-2-3-8/h6-8,13H,1-3,5,18H2. The Hall–Kier alpha value is -2.10. The lowest BCUT2D eigenvalue weighted by molar-refractivity contribution is -0.0521. The van der Waals surface area contributed by atoms with Crippen LogP contribution in [0.2, 0.25) is 0 Å². The largest absolute Gasteiger partial charge is 0.432 e. The average molecular weight is 285 g/mol. The van der Waals surface area contributed by atoms with Crippen molar-refractivity contribution in [3.63, 3.8) is 0 Å². The molecule has 4 nitrogen and oxygen atoms in total. The second-order valence-electron chi connectivity index (χ2n) is 4.55. The Bertz CT molecular complexity index is 526. The maximum atomic E-state index is 13.5. The van der Waals surface area contributed by atoms with E-state index in [-0.39, 0.29) is 18.2 Å². The number of halogens is 3. The van der Waals surface area contributed by atoms with Gasteiger partial charge in [0, 0.05) is 24.7 Å². The predicted octanol–water partition coefficient (Wildman–Crippen LogP) is 2.89. The average Bonchev–Trinajstić information content (AvgIpc) is 3.18. The maximum Gasteiger partial charge on any atom is 0.387 e. The first-order valence-electron chi connectivity index (χ1n) is 6.20. The molecule has 1 saturated carbocycles. The van der Waals surface area contributed by atoms with Crippen LogP contribution < -0.4 is 15.4 Å². The van der Waals surface area contributed by atoms with Gasteiger partial charge in [0.15, 0.2) is 11.6 Å². The zero-order valence-corrected chi connectivity index (χ0v) is 10.7. The molecule has 7 heteroatoms. The molecule has 108 valence electrons. The predicted molar refractivity (Wildman–Crippen MR) is 68.0 cm³/mol. The molecule has 1 fully saturated rings. The molecule has 1 aromatic rings. The van der Waals surface area contributed by atoms with Crippen LogP contribution in [0.5, 0.6) is 5.75 Å². The lowest BCUT2D eigenvalue weighted by atomic mass is 10.2. The first kappa shape index (κ1) is 14.3. The van der Waals surface area contributed by atoms with Gasteiger partial charge in [0.05, 0.1) is 23.9 Å². The van der Waals surface area contributed by atoms with Crippen molar-refractivity contribution in [1.29, 1.82) is 5.26 Å². The van der Waals surface area contributed by atoms with Gasteiger partial charge in [-0.3, -0.25) is 0 Å². The molecule has 0 unspecified atom stereocenters. The smallest absolute Gasteiger partial charge is 0.387 e. The summed E-state index contributed by atoms with van der Waals surface area (Å²) in [5.41, 5.74) is 6.33. The fraction of sp³-hybridized carbons (Fsp3) is 0.462. The van der Waals surface area contributed by atoms with Crippen LogP contribution >= 0.6 is 0 Å². The van der Waals surface area contributed by atoms with E-state index in [2.05, 4.69) is 4.74 Å². The van der Waals surface area contributed by atoms with Gasteiger partial charge in [0.25, 0.3) is 0 Å². The molecule has 1 aliphatic rings. The Labute approximate surface area is 114 Å². The summed E-state index contributed by atoms with van der Waals surface area (Å²) < 4.78 is 42.1. The molecule has 1 aliphatic carbocycles. The van der Waals surface area contributed by atoms with E-state index in [0.29, 0.717) is 12.2 Å². The van der Waals surface area contributed by atoms with Gasteiger partial charge in [-0.1, -0.05) is 0 Å². The summed E-state index contributed by atoms with van der Waals surface area (Å²) >= 11 is 0. The second kappa shape index (κ2) is 5.90. The van der Waals surface area contributed by atoms with E-state index in [1.54, 1.807) is 0 Å². The molecule has 0 aromatic heterocycles. The number of anilines is 2. The molecule has 0 amide bonds. The van der Waals surface area contributed by atoms with Crippen molar-refractivity contribution in [2.75, 3.05) is 17.2 Å². The quantitative estimate of drug-likeness (QED) is 0.816. The summed E-state index contributed by atoms with van der Waals surface area (Å²) in [5.74, 6) is -1.46. The molecule has 0 atom stereocenters. The summed E-state index contributed by atoms with van der Waals surface area (Å²) in [6, 6.07) is 4.38. The van der Waals surface area contributed by atoms with Gasteiger partial charge in [-0.05, 0) is 12.8 Å². The van der Waals surface area contributed by atoms with Crippen molar-refractivity contribution < 1.29 is 17.9 Å². The third kappa shape index (κ3) is 3.26. The highest BCUT2D eigenvalue weighted by Crippen LogP contribution is 2.38. The lowest BCUT2D eigenvalue weighted by Gasteiger charge is -2.25. The molecule has 2 rings (SSSR count). The summed E-state index contributed by atoms with van der Waals surface area (Å²) in [4.78, 5) is 1.84. The molecule has 1 aromatic carbocycles. The molecular formula is C13H14F3N3O. The first-order chi connectivity index (χ1) is 9.52. The molecule has 20 heavy (non-hydrogen) atoms. The van der Waals surface area contributed by atoms with Crippen molar-refractivity contribution >= 4 is 11.4 Å². The van der Waals surface area contributed by atoms with E-state index in [1.165, 1.54) is 6.07 Å². The van der Waals surface area contributed by atoms with Gasteiger partial charge in [0.1, 0.15) is 0 Å². The van der Waals surface area contributed by atoms with E-state index in [4.69, 9.17) is 11.0 Å². The summed E-state index contributed by atoms with van der Waals surface area (Å²) in [6.07, 6.45) is 2.15. The highest BCUT2D eigenvalue weighted by Gasteiger charge is 2.30. The third-order valence-corrected chi connectivity index (χ3v) is 3.06. The molecule has 0 radical (unpaired) electrons. The zero-order chi connectivity index (χ0) is 14.7. The highest BCUT2D eigenvalue weighted by molar-refractivity contribution is 5.71. The number of hydrogen-bond acceptors (Lipinski definition) is 4. The number of hydrogen-bond donors (Lipinski definition) is 1. The highest BCUT2D eigenvalue weighted by atomic mass is 19.3. The molecule has 2 N–H and O–H groups in total. The first-order valence-corrected chi connectivity index (χ1v) is 6.20. The van der Waals surface area contributed by atoms with Crippen LogP contribution in [-0.4, -0.2) is 19.2 Å². The van der Waals surface area contributed by atoms with Crippen molar-refractivity contribution in [2.24, 2.45) is 0 Å². The van der Waals surface area contributed by atoms with Crippen molar-refractivity contribution in [3.8, 4) is 11.8 Å². The minimum atomic E-state index is -3.10. The number of nitriles is 1. The number of nitrogens with two attached hydrogens (primary N) is 1. The Kier molecular flexibility index (Phi) is 4.23. The molecule has 0 aliphatic heterocycles. The Morgan fingerprint density at radius 2 is 2.15 bits per heavy atom. The summed E-state index contributed by atoms with van der Waals surface area (Å²) in [6.45, 7) is -2.68. The van der Waals surface area contributed by atoms with E-state index < -0.39 is 18.2 Å². The van der Waals surface area contributed by atoms with Crippen LogP contribution in [0.3, 0.4) is 0 Å². The Morgan fingerprint density at radius 1 is 1.45 bits per heavy atom. The molecular weight excluding hydrogens is 271 g/mol. The number of nitrogen functional groups attached to an aromatic ring is 1. The van der Waals surface area contributed by atoms with Gasteiger partial charge < -0.3 is 15.4 Å².